The molecule has 0 bridgehead atoms. The Bertz CT molecular complexity index is 425. The lowest BCUT2D eigenvalue weighted by molar-refractivity contribution is 0.0595. The van der Waals surface area contributed by atoms with Crippen molar-refractivity contribution in [2.75, 3.05) is 21.1 Å². The van der Waals surface area contributed by atoms with E-state index in [1.807, 2.05) is 19.2 Å². The highest BCUT2D eigenvalue weighted by Crippen LogP contribution is 2.36. The Morgan fingerprint density at radius 2 is 1.85 bits per heavy atom. The summed E-state index contributed by atoms with van der Waals surface area (Å²) in [6, 6.07) is 7.44. The summed E-state index contributed by atoms with van der Waals surface area (Å²) < 4.78 is 13.9. The lowest BCUT2D eigenvalue weighted by Gasteiger charge is -2.48. The highest BCUT2D eigenvalue weighted by atomic mass is 19.1. The summed E-state index contributed by atoms with van der Waals surface area (Å²) in [4.78, 5) is 2.36. The maximum atomic E-state index is 13.9. The summed E-state index contributed by atoms with van der Waals surface area (Å²) in [5.74, 6) is -0.0857. The van der Waals surface area contributed by atoms with E-state index in [1.165, 1.54) is 32.1 Å². The summed E-state index contributed by atoms with van der Waals surface area (Å²) in [7, 11) is 6.33. The van der Waals surface area contributed by atoms with Crippen LogP contribution < -0.4 is 5.32 Å². The van der Waals surface area contributed by atoms with Gasteiger partial charge < -0.3 is 10.2 Å². The van der Waals surface area contributed by atoms with Gasteiger partial charge in [-0.3, -0.25) is 0 Å². The molecule has 1 aliphatic rings. The second kappa shape index (κ2) is 6.68. The number of hydrogen-bond donors (Lipinski definition) is 1. The third-order valence-electron chi connectivity index (χ3n) is 4.99. The van der Waals surface area contributed by atoms with E-state index in [9.17, 15) is 4.39 Å². The van der Waals surface area contributed by atoms with Gasteiger partial charge in [-0.15, -0.1) is 0 Å². The number of halogens is 1. The molecule has 1 saturated carbocycles. The lowest BCUT2D eigenvalue weighted by atomic mass is 9.73. The fourth-order valence-corrected chi connectivity index (χ4v) is 3.72. The fraction of sp³-hybridized carbons (Fsp3) is 0.647. The van der Waals surface area contributed by atoms with Gasteiger partial charge in [0.25, 0.3) is 0 Å². The van der Waals surface area contributed by atoms with Crippen LogP contribution in [0.3, 0.4) is 0 Å². The van der Waals surface area contributed by atoms with Gasteiger partial charge in [0.05, 0.1) is 0 Å². The summed E-state index contributed by atoms with van der Waals surface area (Å²) in [6.45, 7) is 0. The third kappa shape index (κ3) is 3.04. The number of nitrogens with one attached hydrogen (secondary N) is 1. The number of rotatable bonds is 5. The van der Waals surface area contributed by atoms with E-state index in [0.717, 1.165) is 12.0 Å². The van der Waals surface area contributed by atoms with Crippen LogP contribution in [0.1, 0.15) is 37.7 Å². The van der Waals surface area contributed by atoms with Gasteiger partial charge in [-0.1, -0.05) is 37.5 Å². The third-order valence-corrected chi connectivity index (χ3v) is 4.99. The predicted octanol–water partition coefficient (Wildman–Crippen LogP) is 3.22. The second-order valence-corrected chi connectivity index (χ2v) is 6.20. The first kappa shape index (κ1) is 15.5. The molecule has 1 atom stereocenters. The maximum Gasteiger partial charge on any atom is 0.126 e. The summed E-state index contributed by atoms with van der Waals surface area (Å²) in [5, 5.41) is 3.46. The van der Waals surface area contributed by atoms with Crippen molar-refractivity contribution in [3.63, 3.8) is 0 Å². The molecule has 112 valence electrons. The van der Waals surface area contributed by atoms with E-state index in [4.69, 9.17) is 0 Å². The molecule has 0 aromatic heterocycles. The molecule has 1 unspecified atom stereocenters. The average molecular weight is 278 g/mol. The minimum Gasteiger partial charge on any atom is -0.315 e. The van der Waals surface area contributed by atoms with Crippen LogP contribution in [0, 0.1) is 5.82 Å². The zero-order valence-electron chi connectivity index (χ0n) is 13.0. The molecule has 1 fully saturated rings. The molecule has 1 aromatic rings. The van der Waals surface area contributed by atoms with E-state index in [0.29, 0.717) is 0 Å². The van der Waals surface area contributed by atoms with Crippen molar-refractivity contribution < 1.29 is 4.39 Å². The van der Waals surface area contributed by atoms with Gasteiger partial charge in [0.1, 0.15) is 5.82 Å². The van der Waals surface area contributed by atoms with Gasteiger partial charge in [-0.25, -0.2) is 4.39 Å². The quantitative estimate of drug-likeness (QED) is 0.889. The van der Waals surface area contributed by atoms with Gasteiger partial charge in [-0.05, 0) is 52.0 Å². The molecule has 0 heterocycles. The second-order valence-electron chi connectivity index (χ2n) is 6.20. The van der Waals surface area contributed by atoms with Crippen molar-refractivity contribution in [1.82, 2.24) is 10.2 Å². The Hall–Kier alpha value is -0.930. The molecule has 0 spiro atoms. The van der Waals surface area contributed by atoms with Gasteiger partial charge in [0, 0.05) is 11.6 Å². The molecule has 0 saturated heterocycles. The van der Waals surface area contributed by atoms with Crippen LogP contribution in [0.5, 0.6) is 0 Å². The Morgan fingerprint density at radius 3 is 2.40 bits per heavy atom. The Morgan fingerprint density at radius 1 is 1.20 bits per heavy atom. The van der Waals surface area contributed by atoms with E-state index >= 15 is 0 Å². The van der Waals surface area contributed by atoms with E-state index in [-0.39, 0.29) is 17.4 Å². The van der Waals surface area contributed by atoms with Gasteiger partial charge >= 0.3 is 0 Å². The van der Waals surface area contributed by atoms with Gasteiger partial charge in [0.15, 0.2) is 0 Å². The average Bonchev–Trinajstić information content (AvgIpc) is 2.47. The number of likely N-dealkylation sites (N-methyl/N-ethyl adjacent to an activating group) is 2. The van der Waals surface area contributed by atoms with Crippen LogP contribution in [-0.2, 0) is 6.42 Å². The number of nitrogens with zero attached hydrogens (tertiary/aromatic N) is 1. The standard InChI is InChI=1S/C17H27FN2/c1-19-16(13-14-9-5-6-10-15(14)18)17(20(2)3)11-7-4-8-12-17/h5-6,9-10,16,19H,4,7-8,11-13H2,1-3H3. The van der Waals surface area contributed by atoms with Crippen LogP contribution in [0.4, 0.5) is 4.39 Å². The van der Waals surface area contributed by atoms with Crippen LogP contribution in [0.2, 0.25) is 0 Å². The Kier molecular flexibility index (Phi) is 5.17. The Labute approximate surface area is 122 Å². The molecular formula is C17H27FN2. The monoisotopic (exact) mass is 278 g/mol. The van der Waals surface area contributed by atoms with Gasteiger partial charge in [-0.2, -0.15) is 0 Å². The molecule has 2 nitrogen and oxygen atoms in total. The van der Waals surface area contributed by atoms with Crippen molar-refractivity contribution in [1.29, 1.82) is 0 Å². The van der Waals surface area contributed by atoms with Crippen LogP contribution in [0.25, 0.3) is 0 Å². The number of hydrogen-bond acceptors (Lipinski definition) is 2. The van der Waals surface area contributed by atoms with Crippen molar-refractivity contribution >= 4 is 0 Å². The lowest BCUT2D eigenvalue weighted by Crippen LogP contribution is -2.60. The molecule has 0 aliphatic heterocycles. The molecule has 0 amide bonds. The largest absolute Gasteiger partial charge is 0.315 e. The van der Waals surface area contributed by atoms with E-state index in [1.54, 1.807) is 12.1 Å². The summed E-state index contributed by atoms with van der Waals surface area (Å²) in [6.07, 6.45) is 7.01. The molecule has 3 heteroatoms. The maximum absolute atomic E-state index is 13.9. The first-order valence-electron chi connectivity index (χ1n) is 7.68. The van der Waals surface area contributed by atoms with Crippen molar-refractivity contribution in [2.24, 2.45) is 0 Å². The summed E-state index contributed by atoms with van der Waals surface area (Å²) in [5.41, 5.74) is 0.966. The van der Waals surface area contributed by atoms with Crippen molar-refractivity contribution in [2.45, 2.75) is 50.1 Å². The Balaban J connectivity index is 2.23. The first-order valence-corrected chi connectivity index (χ1v) is 7.68. The molecule has 1 aromatic carbocycles. The van der Waals surface area contributed by atoms with Crippen molar-refractivity contribution in [3.8, 4) is 0 Å². The molecule has 1 aliphatic carbocycles. The molecule has 2 rings (SSSR count). The number of benzene rings is 1. The smallest absolute Gasteiger partial charge is 0.126 e. The first-order chi connectivity index (χ1) is 9.60. The molecule has 20 heavy (non-hydrogen) atoms. The fourth-order valence-electron chi connectivity index (χ4n) is 3.72. The highest BCUT2D eigenvalue weighted by molar-refractivity contribution is 5.20. The predicted molar refractivity (Wildman–Crippen MR) is 82.5 cm³/mol. The minimum atomic E-state index is -0.0857. The molecule has 0 radical (unpaired) electrons. The van der Waals surface area contributed by atoms with Crippen molar-refractivity contribution in [3.05, 3.63) is 35.6 Å². The highest BCUT2D eigenvalue weighted by Gasteiger charge is 2.41. The van der Waals surface area contributed by atoms with Crippen LogP contribution >= 0.6 is 0 Å². The van der Waals surface area contributed by atoms with E-state index in [2.05, 4.69) is 24.3 Å². The zero-order chi connectivity index (χ0) is 14.6. The minimum absolute atomic E-state index is 0.0857. The van der Waals surface area contributed by atoms with E-state index < -0.39 is 0 Å². The van der Waals surface area contributed by atoms with Gasteiger partial charge in [0.2, 0.25) is 0 Å². The van der Waals surface area contributed by atoms with Crippen LogP contribution in [-0.4, -0.2) is 37.6 Å². The molecular weight excluding hydrogens is 251 g/mol. The topological polar surface area (TPSA) is 15.3 Å². The zero-order valence-corrected chi connectivity index (χ0v) is 13.0. The summed E-state index contributed by atoms with van der Waals surface area (Å²) >= 11 is 0. The molecule has 1 N–H and O–H groups in total. The SMILES string of the molecule is CNC(Cc1ccccc1F)C1(N(C)C)CCCCC1. The normalized spacial score (nSPS) is 20.1. The van der Waals surface area contributed by atoms with Crippen LogP contribution in [0.15, 0.2) is 24.3 Å².